The summed E-state index contributed by atoms with van der Waals surface area (Å²) in [7, 11) is 0. The van der Waals surface area contributed by atoms with E-state index in [0.29, 0.717) is 19.3 Å². The molecule has 0 rings (SSSR count). The Morgan fingerprint density at radius 3 is 1.93 bits per heavy atom. The molecule has 0 bridgehead atoms. The van der Waals surface area contributed by atoms with Crippen LogP contribution in [0.4, 0.5) is 39.5 Å². The van der Waals surface area contributed by atoms with E-state index in [2.05, 4.69) is 0 Å². The summed E-state index contributed by atoms with van der Waals surface area (Å²) < 4.78 is 119. The lowest BCUT2D eigenvalue weighted by Crippen LogP contribution is -2.60. The molecule has 1 unspecified atom stereocenters. The molecule has 0 aliphatic carbocycles. The second-order valence-corrected chi connectivity index (χ2v) is 7.02. The predicted molar refractivity (Wildman–Crippen MR) is 82.5 cm³/mol. The normalized spacial score (nSPS) is 14.9. The minimum atomic E-state index is -6.87. The van der Waals surface area contributed by atoms with Gasteiger partial charge in [0, 0.05) is 6.42 Å². The number of unbranched alkanes of at least 4 members (excludes halogenated alkanes) is 1. The summed E-state index contributed by atoms with van der Waals surface area (Å²) in [6.07, 6.45) is -7.84. The van der Waals surface area contributed by atoms with Gasteiger partial charge in [-0.15, -0.1) is 11.8 Å². The van der Waals surface area contributed by atoms with E-state index in [1.807, 2.05) is 6.92 Å². The number of hydrogen-bond donors (Lipinski definition) is 0. The summed E-state index contributed by atoms with van der Waals surface area (Å²) in [6, 6.07) is 0. The standard InChI is InChI=1S/C15H21F9O2S/c1-3-5-7-10(11(25)26-4-2)27-9-6-8-12(16,17)13(18,19)14(20,21)15(22,23)24/h10H,3-9H2,1-2H3. The Balaban J connectivity index is 4.86. The quantitative estimate of drug-likeness (QED) is 0.210. The van der Waals surface area contributed by atoms with Crippen molar-refractivity contribution < 1.29 is 49.0 Å². The fraction of sp³-hybridized carbons (Fsp3) is 0.933. The van der Waals surface area contributed by atoms with Gasteiger partial charge in [0.15, 0.2) is 0 Å². The maximum atomic E-state index is 13.4. The van der Waals surface area contributed by atoms with Crippen LogP contribution in [-0.2, 0) is 9.53 Å². The fourth-order valence-electron chi connectivity index (χ4n) is 1.98. The van der Waals surface area contributed by atoms with Crippen LogP contribution in [0.25, 0.3) is 0 Å². The number of alkyl halides is 9. The molecule has 0 heterocycles. The second kappa shape index (κ2) is 10.1. The lowest BCUT2D eigenvalue weighted by atomic mass is 10.00. The van der Waals surface area contributed by atoms with Gasteiger partial charge in [-0.3, -0.25) is 4.79 Å². The van der Waals surface area contributed by atoms with E-state index in [-0.39, 0.29) is 12.4 Å². The molecular formula is C15H21F9O2S. The molecule has 0 aromatic carbocycles. The minimum Gasteiger partial charge on any atom is -0.465 e. The molecular weight excluding hydrogens is 415 g/mol. The van der Waals surface area contributed by atoms with Crippen molar-refractivity contribution in [3.63, 3.8) is 0 Å². The van der Waals surface area contributed by atoms with Crippen LogP contribution in [0.2, 0.25) is 0 Å². The highest BCUT2D eigenvalue weighted by Gasteiger charge is 2.81. The Bertz CT molecular complexity index is 467. The Hall–Kier alpha value is -0.810. The smallest absolute Gasteiger partial charge is 0.460 e. The molecule has 0 aliphatic heterocycles. The lowest BCUT2D eigenvalue weighted by molar-refractivity contribution is -0.396. The van der Waals surface area contributed by atoms with Crippen molar-refractivity contribution in [3.05, 3.63) is 0 Å². The number of carbonyl (C=O) groups is 1. The lowest BCUT2D eigenvalue weighted by Gasteiger charge is -2.33. The first-order chi connectivity index (χ1) is 12.2. The zero-order valence-corrected chi connectivity index (χ0v) is 15.5. The Kier molecular flexibility index (Phi) is 9.80. The molecule has 12 heteroatoms. The van der Waals surface area contributed by atoms with Gasteiger partial charge in [-0.25, -0.2) is 0 Å². The molecule has 0 saturated heterocycles. The predicted octanol–water partition coefficient (Wildman–Crippen LogP) is 6.09. The molecule has 0 saturated carbocycles. The van der Waals surface area contributed by atoms with Crippen molar-refractivity contribution in [3.8, 4) is 0 Å². The van der Waals surface area contributed by atoms with Crippen LogP contribution >= 0.6 is 11.8 Å². The van der Waals surface area contributed by atoms with E-state index in [1.54, 1.807) is 6.92 Å². The van der Waals surface area contributed by atoms with E-state index < -0.39 is 48.0 Å². The Morgan fingerprint density at radius 2 is 1.48 bits per heavy atom. The average molecular weight is 436 g/mol. The number of thioether (sulfide) groups is 1. The molecule has 2 nitrogen and oxygen atoms in total. The first-order valence-electron chi connectivity index (χ1n) is 8.14. The molecule has 0 N–H and O–H groups in total. The zero-order chi connectivity index (χ0) is 21.5. The van der Waals surface area contributed by atoms with Crippen LogP contribution in [0.3, 0.4) is 0 Å². The molecule has 0 aromatic rings. The van der Waals surface area contributed by atoms with E-state index >= 15 is 0 Å². The summed E-state index contributed by atoms with van der Waals surface area (Å²) in [5.74, 6) is -20.0. The molecule has 0 fully saturated rings. The van der Waals surface area contributed by atoms with Gasteiger partial charge in [-0.1, -0.05) is 19.8 Å². The van der Waals surface area contributed by atoms with Crippen molar-refractivity contribution in [1.82, 2.24) is 0 Å². The van der Waals surface area contributed by atoms with Crippen molar-refractivity contribution in [1.29, 1.82) is 0 Å². The van der Waals surface area contributed by atoms with Crippen molar-refractivity contribution >= 4 is 17.7 Å². The summed E-state index contributed by atoms with van der Waals surface area (Å²) >= 11 is 0.811. The molecule has 0 radical (unpaired) electrons. The number of esters is 1. The highest BCUT2D eigenvalue weighted by molar-refractivity contribution is 8.00. The topological polar surface area (TPSA) is 26.3 Å². The van der Waals surface area contributed by atoms with Crippen molar-refractivity contribution in [2.24, 2.45) is 0 Å². The number of ether oxygens (including phenoxy) is 1. The third-order valence-electron chi connectivity index (χ3n) is 3.53. The zero-order valence-electron chi connectivity index (χ0n) is 14.7. The Morgan fingerprint density at radius 1 is 0.926 bits per heavy atom. The van der Waals surface area contributed by atoms with Crippen LogP contribution in [0.5, 0.6) is 0 Å². The average Bonchev–Trinajstić information content (AvgIpc) is 2.52. The maximum absolute atomic E-state index is 13.4. The van der Waals surface area contributed by atoms with Gasteiger partial charge in [-0.05, 0) is 25.5 Å². The van der Waals surface area contributed by atoms with Gasteiger partial charge < -0.3 is 4.74 Å². The van der Waals surface area contributed by atoms with E-state index in [0.717, 1.165) is 11.8 Å². The third kappa shape index (κ3) is 6.63. The van der Waals surface area contributed by atoms with Crippen LogP contribution < -0.4 is 0 Å². The molecule has 0 aromatic heterocycles. The van der Waals surface area contributed by atoms with Crippen molar-refractivity contribution in [2.75, 3.05) is 12.4 Å². The molecule has 0 spiro atoms. The van der Waals surface area contributed by atoms with Gasteiger partial charge in [0.05, 0.1) is 6.61 Å². The fourth-order valence-corrected chi connectivity index (χ4v) is 3.11. The third-order valence-corrected chi connectivity index (χ3v) is 4.89. The SMILES string of the molecule is CCCCC(SCCCC(F)(F)C(F)(F)C(F)(F)C(F)(F)F)C(=O)OCC. The van der Waals surface area contributed by atoms with Gasteiger partial charge >= 0.3 is 29.9 Å². The van der Waals surface area contributed by atoms with E-state index in [1.165, 1.54) is 0 Å². The Labute approximate surface area is 155 Å². The molecule has 0 aliphatic rings. The summed E-state index contributed by atoms with van der Waals surface area (Å²) in [4.78, 5) is 11.7. The van der Waals surface area contributed by atoms with Crippen LogP contribution in [-0.4, -0.2) is 47.5 Å². The first kappa shape index (κ1) is 26.2. The summed E-state index contributed by atoms with van der Waals surface area (Å²) in [6.45, 7) is 3.44. The van der Waals surface area contributed by atoms with E-state index in [9.17, 15) is 44.3 Å². The number of rotatable bonds is 12. The van der Waals surface area contributed by atoms with Crippen LogP contribution in [0.1, 0.15) is 46.0 Å². The van der Waals surface area contributed by atoms with Gasteiger partial charge in [0.2, 0.25) is 0 Å². The molecule has 1 atom stereocenters. The molecule has 162 valence electrons. The second-order valence-electron chi connectivity index (χ2n) is 5.71. The number of hydrogen-bond acceptors (Lipinski definition) is 3. The summed E-state index contributed by atoms with van der Waals surface area (Å²) in [5, 5.41) is -0.754. The number of halogens is 9. The van der Waals surface area contributed by atoms with Gasteiger partial charge in [-0.2, -0.15) is 39.5 Å². The molecule has 0 amide bonds. The summed E-state index contributed by atoms with van der Waals surface area (Å²) in [5.41, 5.74) is 0. The van der Waals surface area contributed by atoms with Gasteiger partial charge in [0.25, 0.3) is 0 Å². The van der Waals surface area contributed by atoms with Crippen LogP contribution in [0.15, 0.2) is 0 Å². The first-order valence-corrected chi connectivity index (χ1v) is 9.19. The number of carbonyl (C=O) groups excluding carboxylic acids is 1. The van der Waals surface area contributed by atoms with E-state index in [4.69, 9.17) is 4.74 Å². The largest absolute Gasteiger partial charge is 0.465 e. The molecule has 27 heavy (non-hydrogen) atoms. The highest BCUT2D eigenvalue weighted by Crippen LogP contribution is 2.54. The van der Waals surface area contributed by atoms with Gasteiger partial charge in [0.1, 0.15) is 5.25 Å². The van der Waals surface area contributed by atoms with Crippen LogP contribution in [0, 0.1) is 0 Å². The maximum Gasteiger partial charge on any atom is 0.460 e. The van der Waals surface area contributed by atoms with Crippen molar-refractivity contribution in [2.45, 2.75) is 75.1 Å². The highest BCUT2D eigenvalue weighted by atomic mass is 32.2. The minimum absolute atomic E-state index is 0.0683. The monoisotopic (exact) mass is 436 g/mol.